The van der Waals surface area contributed by atoms with Crippen LogP contribution in [0.3, 0.4) is 0 Å². The molecule has 2 aromatic heterocycles. The van der Waals surface area contributed by atoms with Gasteiger partial charge in [0.2, 0.25) is 0 Å². The number of aryl methyl sites for hydroxylation is 1. The second kappa shape index (κ2) is 10.5. The van der Waals surface area contributed by atoms with Gasteiger partial charge in [0, 0.05) is 32.8 Å². The molecule has 182 valence electrons. The molecule has 4 aromatic carbocycles. The maximum Gasteiger partial charge on any atom is 0.159 e. The molecule has 0 fully saturated rings. The minimum absolute atomic E-state index is 0.0454. The van der Waals surface area contributed by atoms with Crippen molar-refractivity contribution in [2.75, 3.05) is 0 Å². The maximum absolute atomic E-state index is 6.42. The van der Waals surface area contributed by atoms with Crippen LogP contribution < -0.4 is 4.74 Å². The van der Waals surface area contributed by atoms with E-state index >= 15 is 0 Å². The van der Waals surface area contributed by atoms with Crippen LogP contribution in [-0.4, -0.2) is 9.97 Å². The van der Waals surface area contributed by atoms with Crippen molar-refractivity contribution in [1.82, 2.24) is 9.97 Å². The summed E-state index contributed by atoms with van der Waals surface area (Å²) in [5, 5.41) is 6.88. The van der Waals surface area contributed by atoms with Crippen molar-refractivity contribution >= 4 is 60.1 Å². The molecule has 37 heavy (non-hydrogen) atoms. The van der Waals surface area contributed by atoms with E-state index in [2.05, 4.69) is 68.4 Å². The summed E-state index contributed by atoms with van der Waals surface area (Å²) in [7, 11) is 0. The zero-order valence-corrected chi connectivity index (χ0v) is 22.4. The highest BCUT2D eigenvalue weighted by Gasteiger charge is 2.25. The van der Waals surface area contributed by atoms with E-state index in [0.717, 1.165) is 40.5 Å². The lowest BCUT2D eigenvalue weighted by atomic mass is 9.84. The minimum atomic E-state index is 0.0454. The lowest BCUT2D eigenvalue weighted by Gasteiger charge is -2.28. The van der Waals surface area contributed by atoms with E-state index in [1.165, 1.54) is 32.7 Å². The van der Waals surface area contributed by atoms with Crippen molar-refractivity contribution in [3.05, 3.63) is 124 Å². The Balaban J connectivity index is 0.000000210. The summed E-state index contributed by atoms with van der Waals surface area (Å²) < 4.78 is 7.55. The molecule has 7 rings (SSSR count). The van der Waals surface area contributed by atoms with Gasteiger partial charge >= 0.3 is 0 Å². The largest absolute Gasteiger partial charge is 0.486 e. The first kappa shape index (κ1) is 23.9. The fourth-order valence-corrected chi connectivity index (χ4v) is 5.91. The zero-order chi connectivity index (χ0) is 25.2. The van der Waals surface area contributed by atoms with Crippen LogP contribution >= 0.6 is 27.5 Å². The highest BCUT2D eigenvalue weighted by atomic mass is 79.9. The molecule has 0 amide bonds. The van der Waals surface area contributed by atoms with Gasteiger partial charge < -0.3 is 4.74 Å². The summed E-state index contributed by atoms with van der Waals surface area (Å²) in [6.07, 6.45) is 6.79. The van der Waals surface area contributed by atoms with Gasteiger partial charge in [-0.15, -0.1) is 0 Å². The fraction of sp³-hybridized carbons (Fsp3) is 0.125. The Morgan fingerprint density at radius 3 is 2.27 bits per heavy atom. The molecule has 6 aromatic rings. The van der Waals surface area contributed by atoms with Gasteiger partial charge in [-0.1, -0.05) is 70.0 Å². The number of pyridine rings is 2. The van der Waals surface area contributed by atoms with Crippen molar-refractivity contribution in [1.29, 1.82) is 0 Å². The second-order valence-corrected chi connectivity index (χ2v) is 10.4. The summed E-state index contributed by atoms with van der Waals surface area (Å²) in [6.45, 7) is 0. The molecule has 1 atom stereocenters. The van der Waals surface area contributed by atoms with E-state index in [0.29, 0.717) is 5.02 Å². The first-order chi connectivity index (χ1) is 18.2. The van der Waals surface area contributed by atoms with Crippen LogP contribution in [0.5, 0.6) is 5.75 Å². The SMILES string of the molecule is Clc1cccc(OC2CCCc3ccc4c(cc(Br)c5ccccc54)c32)c1.c1cnc2ncccc2c1. The fourth-order valence-electron chi connectivity index (χ4n) is 5.15. The molecule has 1 aliphatic carbocycles. The molecule has 0 saturated heterocycles. The van der Waals surface area contributed by atoms with Crippen LogP contribution in [0.25, 0.3) is 32.6 Å². The molecule has 1 aliphatic rings. The number of fused-ring (bicyclic) bond motifs is 6. The minimum Gasteiger partial charge on any atom is -0.486 e. The normalized spacial score (nSPS) is 14.7. The Labute approximate surface area is 229 Å². The van der Waals surface area contributed by atoms with Crippen molar-refractivity contribution in [2.45, 2.75) is 25.4 Å². The molecule has 0 radical (unpaired) electrons. The Kier molecular flexibility index (Phi) is 6.77. The van der Waals surface area contributed by atoms with E-state index < -0.39 is 0 Å². The molecule has 3 nitrogen and oxygen atoms in total. The molecule has 1 unspecified atom stereocenters. The number of benzene rings is 4. The highest BCUT2D eigenvalue weighted by molar-refractivity contribution is 9.10. The highest BCUT2D eigenvalue weighted by Crippen LogP contribution is 2.42. The average molecular weight is 568 g/mol. The van der Waals surface area contributed by atoms with Gasteiger partial charge in [-0.2, -0.15) is 0 Å². The number of aromatic nitrogens is 2. The lowest BCUT2D eigenvalue weighted by Crippen LogP contribution is -2.16. The third kappa shape index (κ3) is 4.92. The Hall–Kier alpha value is -3.47. The van der Waals surface area contributed by atoms with Crippen molar-refractivity contribution in [3.8, 4) is 5.75 Å². The van der Waals surface area contributed by atoms with E-state index in [1.54, 1.807) is 12.4 Å². The molecular weight excluding hydrogens is 544 g/mol. The smallest absolute Gasteiger partial charge is 0.159 e. The molecule has 0 spiro atoms. The van der Waals surface area contributed by atoms with Crippen LogP contribution in [0.1, 0.15) is 30.1 Å². The number of hydrogen-bond acceptors (Lipinski definition) is 3. The van der Waals surface area contributed by atoms with Gasteiger partial charge in [-0.05, 0) is 94.9 Å². The summed E-state index contributed by atoms with van der Waals surface area (Å²) in [5.74, 6) is 0.831. The predicted molar refractivity (Wildman–Crippen MR) is 156 cm³/mol. The van der Waals surface area contributed by atoms with Gasteiger partial charge in [0.15, 0.2) is 5.65 Å². The molecule has 0 saturated carbocycles. The average Bonchev–Trinajstić information content (AvgIpc) is 2.94. The van der Waals surface area contributed by atoms with Gasteiger partial charge in [-0.25, -0.2) is 9.97 Å². The van der Waals surface area contributed by atoms with Gasteiger partial charge in [0.1, 0.15) is 11.9 Å². The molecular formula is C32H24BrClN2O. The first-order valence-electron chi connectivity index (χ1n) is 12.4. The second-order valence-electron chi connectivity index (χ2n) is 9.15. The van der Waals surface area contributed by atoms with E-state index in [-0.39, 0.29) is 6.10 Å². The zero-order valence-electron chi connectivity index (χ0n) is 20.1. The number of hydrogen-bond donors (Lipinski definition) is 0. The van der Waals surface area contributed by atoms with E-state index in [1.807, 2.05) is 48.5 Å². The van der Waals surface area contributed by atoms with Crippen LogP contribution in [0.4, 0.5) is 0 Å². The predicted octanol–water partition coefficient (Wildman–Crippen LogP) is 9.50. The molecule has 2 heterocycles. The topological polar surface area (TPSA) is 35.0 Å². The number of nitrogens with zero attached hydrogens (tertiary/aromatic N) is 2. The number of rotatable bonds is 2. The van der Waals surface area contributed by atoms with Gasteiger partial charge in [0.05, 0.1) is 0 Å². The van der Waals surface area contributed by atoms with Gasteiger partial charge in [-0.3, -0.25) is 0 Å². The number of halogens is 2. The third-order valence-electron chi connectivity index (χ3n) is 6.81. The lowest BCUT2D eigenvalue weighted by molar-refractivity contribution is 0.185. The molecule has 0 bridgehead atoms. The monoisotopic (exact) mass is 566 g/mol. The summed E-state index contributed by atoms with van der Waals surface area (Å²) in [4.78, 5) is 8.14. The van der Waals surface area contributed by atoms with Crippen LogP contribution in [0.2, 0.25) is 5.02 Å². The summed E-state index contributed by atoms with van der Waals surface area (Å²) >= 11 is 9.94. The maximum atomic E-state index is 6.42. The van der Waals surface area contributed by atoms with Crippen LogP contribution in [0.15, 0.2) is 108 Å². The Morgan fingerprint density at radius 1 is 0.757 bits per heavy atom. The van der Waals surface area contributed by atoms with Crippen molar-refractivity contribution in [2.24, 2.45) is 0 Å². The van der Waals surface area contributed by atoms with Crippen molar-refractivity contribution in [3.63, 3.8) is 0 Å². The number of ether oxygens (including phenoxy) is 1. The Morgan fingerprint density at radius 2 is 1.51 bits per heavy atom. The third-order valence-corrected chi connectivity index (χ3v) is 7.70. The summed E-state index contributed by atoms with van der Waals surface area (Å²) in [5.41, 5.74) is 3.53. The van der Waals surface area contributed by atoms with Gasteiger partial charge in [0.25, 0.3) is 0 Å². The molecule has 0 aliphatic heterocycles. The quantitative estimate of drug-likeness (QED) is 0.195. The Bertz CT molecular complexity index is 1670. The van der Waals surface area contributed by atoms with E-state index in [4.69, 9.17) is 16.3 Å². The van der Waals surface area contributed by atoms with Crippen LogP contribution in [-0.2, 0) is 6.42 Å². The van der Waals surface area contributed by atoms with E-state index in [9.17, 15) is 0 Å². The first-order valence-corrected chi connectivity index (χ1v) is 13.6. The van der Waals surface area contributed by atoms with Crippen LogP contribution in [0, 0.1) is 0 Å². The standard InChI is InChI=1S/C24H18BrClO.C8H6N2/c25-22-14-21-19(18-8-1-2-9-20(18)22)12-11-15-5-3-10-23(24(15)21)27-17-7-4-6-16(26)13-17;1-3-7-4-2-6-10-8(7)9-5-1/h1-2,4,6-9,11-14,23H,3,5,10H2;1-6H. The molecule has 0 N–H and O–H groups in total. The van der Waals surface area contributed by atoms with Crippen molar-refractivity contribution < 1.29 is 4.74 Å². The summed E-state index contributed by atoms with van der Waals surface area (Å²) in [6, 6.07) is 30.9. The molecule has 5 heteroatoms.